The van der Waals surface area contributed by atoms with E-state index in [-0.39, 0.29) is 4.65 Å². The second-order valence-corrected chi connectivity index (χ2v) is 2.76. The number of nitrogens with two attached hydrogens (primary N) is 1. The van der Waals surface area contributed by atoms with Gasteiger partial charge in [-0.2, -0.15) is 0 Å². The molecule has 4 heteroatoms. The van der Waals surface area contributed by atoms with Crippen molar-refractivity contribution in [3.8, 4) is 0 Å². The molecule has 1 atom stereocenters. The lowest BCUT2D eigenvalue weighted by atomic mass is 10.4. The molecule has 1 rings (SSSR count). The number of nitrogens with one attached hydrogen (secondary N) is 1. The molecule has 1 saturated heterocycles. The van der Waals surface area contributed by atoms with Crippen molar-refractivity contribution in [1.82, 2.24) is 5.32 Å². The van der Waals surface area contributed by atoms with Gasteiger partial charge in [0.1, 0.15) is 13.2 Å². The SMILES string of the molecule is C=C(N)C[N+]1([O-])CCNC1. The first-order chi connectivity index (χ1) is 4.62. The maximum Gasteiger partial charge on any atom is 0.132 e. The summed E-state index contributed by atoms with van der Waals surface area (Å²) in [7, 11) is 0. The third kappa shape index (κ3) is 1.70. The number of quaternary nitrogens is 1. The normalized spacial score (nSPS) is 32.5. The summed E-state index contributed by atoms with van der Waals surface area (Å²) in [6, 6.07) is 0. The molecule has 1 heterocycles. The Balaban J connectivity index is 2.43. The number of rotatable bonds is 2. The van der Waals surface area contributed by atoms with Gasteiger partial charge < -0.3 is 15.6 Å². The molecule has 0 spiro atoms. The Morgan fingerprint density at radius 1 is 1.80 bits per heavy atom. The number of hydrogen-bond donors (Lipinski definition) is 2. The van der Waals surface area contributed by atoms with Crippen LogP contribution in [0.5, 0.6) is 0 Å². The molecule has 3 N–H and O–H groups in total. The Morgan fingerprint density at radius 3 is 2.90 bits per heavy atom. The van der Waals surface area contributed by atoms with E-state index in [9.17, 15) is 5.21 Å². The molecule has 0 bridgehead atoms. The molecule has 0 saturated carbocycles. The van der Waals surface area contributed by atoms with Crippen molar-refractivity contribution in [2.24, 2.45) is 5.73 Å². The summed E-state index contributed by atoms with van der Waals surface area (Å²) >= 11 is 0. The lowest BCUT2D eigenvalue weighted by Gasteiger charge is -2.37. The van der Waals surface area contributed by atoms with Gasteiger partial charge in [0.15, 0.2) is 0 Å². The number of hydrogen-bond acceptors (Lipinski definition) is 3. The predicted octanol–water partition coefficient (Wildman–Crippen LogP) is -0.666. The molecule has 1 aliphatic rings. The van der Waals surface area contributed by atoms with Gasteiger partial charge in [0.05, 0.1) is 18.8 Å². The van der Waals surface area contributed by atoms with E-state index < -0.39 is 0 Å². The van der Waals surface area contributed by atoms with Gasteiger partial charge in [0.2, 0.25) is 0 Å². The van der Waals surface area contributed by atoms with Crippen LogP contribution in [0.4, 0.5) is 0 Å². The minimum absolute atomic E-state index is 0.255. The predicted molar refractivity (Wildman–Crippen MR) is 39.6 cm³/mol. The summed E-state index contributed by atoms with van der Waals surface area (Å²) in [5.74, 6) is 0. The fourth-order valence-electron chi connectivity index (χ4n) is 1.15. The summed E-state index contributed by atoms with van der Waals surface area (Å²) in [5, 5.41) is 14.4. The topological polar surface area (TPSA) is 61.1 Å². The molecule has 0 aliphatic carbocycles. The smallest absolute Gasteiger partial charge is 0.132 e. The van der Waals surface area contributed by atoms with Crippen LogP contribution in [0.3, 0.4) is 0 Å². The van der Waals surface area contributed by atoms with Crippen molar-refractivity contribution >= 4 is 0 Å². The number of hydroxylamine groups is 3. The molecule has 0 radical (unpaired) electrons. The highest BCUT2D eigenvalue weighted by atomic mass is 16.5. The zero-order chi connectivity index (χ0) is 7.61. The minimum Gasteiger partial charge on any atom is -0.632 e. The van der Waals surface area contributed by atoms with Gasteiger partial charge in [0, 0.05) is 0 Å². The van der Waals surface area contributed by atoms with Crippen LogP contribution in [-0.4, -0.2) is 30.9 Å². The van der Waals surface area contributed by atoms with Gasteiger partial charge in [-0.05, 0) is 0 Å². The maximum absolute atomic E-state index is 11.4. The molecular formula is C6H13N3O. The molecule has 0 amide bonds. The fraction of sp³-hybridized carbons (Fsp3) is 0.667. The Hall–Kier alpha value is -0.580. The third-order valence-corrected chi connectivity index (χ3v) is 1.59. The zero-order valence-corrected chi connectivity index (χ0v) is 5.97. The van der Waals surface area contributed by atoms with E-state index in [1.165, 1.54) is 0 Å². The fourth-order valence-corrected chi connectivity index (χ4v) is 1.15. The average Bonchev–Trinajstić information content (AvgIpc) is 2.12. The van der Waals surface area contributed by atoms with E-state index in [4.69, 9.17) is 5.73 Å². The first-order valence-electron chi connectivity index (χ1n) is 3.33. The van der Waals surface area contributed by atoms with E-state index in [1.807, 2.05) is 0 Å². The average molecular weight is 143 g/mol. The highest BCUT2D eigenvalue weighted by Gasteiger charge is 2.21. The van der Waals surface area contributed by atoms with E-state index >= 15 is 0 Å². The van der Waals surface area contributed by atoms with E-state index in [0.717, 1.165) is 6.54 Å². The first kappa shape index (κ1) is 7.53. The summed E-state index contributed by atoms with van der Waals surface area (Å²) in [5.41, 5.74) is 5.79. The van der Waals surface area contributed by atoms with Crippen molar-refractivity contribution < 1.29 is 4.65 Å². The van der Waals surface area contributed by atoms with Crippen LogP contribution in [0.25, 0.3) is 0 Å². The van der Waals surface area contributed by atoms with E-state index in [1.54, 1.807) is 0 Å². The largest absolute Gasteiger partial charge is 0.632 e. The van der Waals surface area contributed by atoms with Gasteiger partial charge in [-0.25, -0.2) is 0 Å². The van der Waals surface area contributed by atoms with Gasteiger partial charge in [-0.1, -0.05) is 6.58 Å². The second-order valence-electron chi connectivity index (χ2n) is 2.76. The van der Waals surface area contributed by atoms with Crippen molar-refractivity contribution in [3.05, 3.63) is 17.5 Å². The van der Waals surface area contributed by atoms with Crippen LogP contribution in [0, 0.1) is 5.21 Å². The van der Waals surface area contributed by atoms with Crippen LogP contribution in [-0.2, 0) is 0 Å². The Bertz CT molecular complexity index is 140. The van der Waals surface area contributed by atoms with Gasteiger partial charge in [0.25, 0.3) is 0 Å². The van der Waals surface area contributed by atoms with Crippen molar-refractivity contribution in [3.63, 3.8) is 0 Å². The molecule has 10 heavy (non-hydrogen) atoms. The molecule has 0 aromatic rings. The van der Waals surface area contributed by atoms with Crippen molar-refractivity contribution in [1.29, 1.82) is 0 Å². The second kappa shape index (κ2) is 2.57. The van der Waals surface area contributed by atoms with Crippen molar-refractivity contribution in [2.45, 2.75) is 0 Å². The van der Waals surface area contributed by atoms with Gasteiger partial charge in [-0.3, -0.25) is 5.32 Å². The minimum atomic E-state index is -0.255. The van der Waals surface area contributed by atoms with Crippen LogP contribution < -0.4 is 11.1 Å². The molecule has 1 aliphatic heterocycles. The lowest BCUT2D eigenvalue weighted by Crippen LogP contribution is -2.43. The molecule has 58 valence electrons. The van der Waals surface area contributed by atoms with Crippen LogP contribution >= 0.6 is 0 Å². The molecular weight excluding hydrogens is 130 g/mol. The quantitative estimate of drug-likeness (QED) is 0.398. The summed E-state index contributed by atoms with van der Waals surface area (Å²) in [6.45, 7) is 5.70. The first-order valence-corrected chi connectivity index (χ1v) is 3.33. The summed E-state index contributed by atoms with van der Waals surface area (Å²) in [6.07, 6.45) is 0. The molecule has 0 aromatic heterocycles. The van der Waals surface area contributed by atoms with Crippen LogP contribution in [0.2, 0.25) is 0 Å². The Morgan fingerprint density at radius 2 is 2.50 bits per heavy atom. The lowest BCUT2D eigenvalue weighted by molar-refractivity contribution is -0.863. The van der Waals surface area contributed by atoms with Crippen molar-refractivity contribution in [2.75, 3.05) is 26.3 Å². The molecule has 0 aromatic carbocycles. The van der Waals surface area contributed by atoms with Crippen LogP contribution in [0.1, 0.15) is 0 Å². The van der Waals surface area contributed by atoms with Gasteiger partial charge in [-0.15, -0.1) is 0 Å². The van der Waals surface area contributed by atoms with E-state index in [0.29, 0.717) is 25.5 Å². The molecule has 1 unspecified atom stereocenters. The standard InChI is InChI=1S/C6H13N3O/c1-6(7)4-9(10)3-2-8-5-9/h8H,1-5,7H2. The maximum atomic E-state index is 11.4. The number of nitrogens with zero attached hydrogens (tertiary/aromatic N) is 1. The highest BCUT2D eigenvalue weighted by molar-refractivity contribution is 4.86. The third-order valence-electron chi connectivity index (χ3n) is 1.59. The zero-order valence-electron chi connectivity index (χ0n) is 5.97. The molecule has 4 nitrogen and oxygen atoms in total. The summed E-state index contributed by atoms with van der Waals surface area (Å²) in [4.78, 5) is 0. The summed E-state index contributed by atoms with van der Waals surface area (Å²) < 4.78 is -0.255. The Kier molecular flexibility index (Phi) is 1.94. The highest BCUT2D eigenvalue weighted by Crippen LogP contribution is 2.07. The van der Waals surface area contributed by atoms with Crippen LogP contribution in [0.15, 0.2) is 12.3 Å². The van der Waals surface area contributed by atoms with E-state index in [2.05, 4.69) is 11.9 Å². The van der Waals surface area contributed by atoms with Gasteiger partial charge >= 0.3 is 0 Å². The Labute approximate surface area is 60.5 Å². The monoisotopic (exact) mass is 143 g/mol. The molecule has 1 fully saturated rings.